The second-order valence-electron chi connectivity index (χ2n) is 6.04. The van der Waals surface area contributed by atoms with Crippen LogP contribution >= 0.6 is 0 Å². The minimum absolute atomic E-state index is 0.0237. The molecular weight excluding hydrogens is 278 g/mol. The van der Waals surface area contributed by atoms with Crippen LogP contribution in [0, 0.1) is 11.8 Å². The first-order chi connectivity index (χ1) is 10.7. The number of hydrogen-bond acceptors (Lipinski definition) is 3. The van der Waals surface area contributed by atoms with Gasteiger partial charge in [0, 0.05) is 23.9 Å². The van der Waals surface area contributed by atoms with Gasteiger partial charge in [0.15, 0.2) is 0 Å². The summed E-state index contributed by atoms with van der Waals surface area (Å²) in [5.74, 6) is 0.412. The van der Waals surface area contributed by atoms with Gasteiger partial charge in [-0.25, -0.2) is 0 Å². The molecule has 0 radical (unpaired) electrons. The third-order valence-corrected chi connectivity index (χ3v) is 4.43. The molecule has 2 N–H and O–H groups in total. The molecular formula is C17H25N3O2. The lowest BCUT2D eigenvalue weighted by molar-refractivity contribution is -0.127. The van der Waals surface area contributed by atoms with E-state index in [1.165, 1.54) is 19.3 Å². The summed E-state index contributed by atoms with van der Waals surface area (Å²) in [6.07, 6.45) is 11.0. The molecule has 1 aromatic heterocycles. The van der Waals surface area contributed by atoms with Crippen LogP contribution in [0.15, 0.2) is 24.5 Å². The van der Waals surface area contributed by atoms with Gasteiger partial charge < -0.3 is 0 Å². The zero-order chi connectivity index (χ0) is 15.8. The second kappa shape index (κ2) is 8.51. The molecule has 5 nitrogen and oxygen atoms in total. The monoisotopic (exact) mass is 303 g/mol. The summed E-state index contributed by atoms with van der Waals surface area (Å²) < 4.78 is 0. The van der Waals surface area contributed by atoms with E-state index in [1.54, 1.807) is 24.5 Å². The van der Waals surface area contributed by atoms with Crippen molar-refractivity contribution in [3.63, 3.8) is 0 Å². The normalized spacial score (nSPS) is 21.1. The van der Waals surface area contributed by atoms with Crippen molar-refractivity contribution in [3.8, 4) is 0 Å². The Labute approximate surface area is 131 Å². The van der Waals surface area contributed by atoms with Crippen molar-refractivity contribution in [2.75, 3.05) is 0 Å². The van der Waals surface area contributed by atoms with Crippen molar-refractivity contribution in [1.82, 2.24) is 15.8 Å². The average Bonchev–Trinajstić information content (AvgIpc) is 2.58. The van der Waals surface area contributed by atoms with Crippen LogP contribution in [0.2, 0.25) is 0 Å². The molecule has 1 aromatic rings. The molecule has 5 heteroatoms. The number of amides is 2. The predicted molar refractivity (Wildman–Crippen MR) is 84.8 cm³/mol. The van der Waals surface area contributed by atoms with Crippen LogP contribution in [-0.2, 0) is 4.79 Å². The number of rotatable bonds is 5. The molecule has 0 saturated heterocycles. The van der Waals surface area contributed by atoms with Crippen LogP contribution in [0.5, 0.6) is 0 Å². The first-order valence-electron chi connectivity index (χ1n) is 8.21. The van der Waals surface area contributed by atoms with Crippen LogP contribution in [0.3, 0.4) is 0 Å². The molecule has 22 heavy (non-hydrogen) atoms. The first kappa shape index (κ1) is 16.5. The SMILES string of the molecule is CCCC[C@H]1CC[C@H](C(=O)NNC(=O)c2ccncc2)CC1. The van der Waals surface area contributed by atoms with E-state index in [1.807, 2.05) is 0 Å². The lowest BCUT2D eigenvalue weighted by Crippen LogP contribution is -2.45. The van der Waals surface area contributed by atoms with E-state index >= 15 is 0 Å². The highest BCUT2D eigenvalue weighted by Crippen LogP contribution is 2.31. The Morgan fingerprint density at radius 2 is 1.82 bits per heavy atom. The smallest absolute Gasteiger partial charge is 0.269 e. The maximum absolute atomic E-state index is 12.1. The molecule has 1 fully saturated rings. The lowest BCUT2D eigenvalue weighted by atomic mass is 9.79. The number of carbonyl (C=O) groups excluding carboxylic acids is 2. The van der Waals surface area contributed by atoms with Crippen LogP contribution < -0.4 is 10.9 Å². The summed E-state index contributed by atoms with van der Waals surface area (Å²) in [5.41, 5.74) is 5.51. The molecule has 0 aromatic carbocycles. The first-order valence-corrected chi connectivity index (χ1v) is 8.21. The molecule has 0 atom stereocenters. The summed E-state index contributed by atoms with van der Waals surface area (Å²) in [6.45, 7) is 2.21. The summed E-state index contributed by atoms with van der Waals surface area (Å²) in [6, 6.07) is 3.22. The number of nitrogens with zero attached hydrogens (tertiary/aromatic N) is 1. The van der Waals surface area contributed by atoms with Crippen molar-refractivity contribution < 1.29 is 9.59 Å². The van der Waals surface area contributed by atoms with Gasteiger partial charge in [0.1, 0.15) is 0 Å². The van der Waals surface area contributed by atoms with Crippen molar-refractivity contribution in [3.05, 3.63) is 30.1 Å². The Balaban J connectivity index is 1.71. The Hall–Kier alpha value is -1.91. The minimum Gasteiger partial charge on any atom is -0.273 e. The standard InChI is InChI=1S/C17H25N3O2/c1-2-3-4-13-5-7-14(8-6-13)16(21)19-20-17(22)15-9-11-18-12-10-15/h9-14H,2-8H2,1H3,(H,19,21)(H,20,22)/t13-,14-. The number of nitrogens with one attached hydrogen (secondary N) is 2. The summed E-state index contributed by atoms with van der Waals surface area (Å²) in [5, 5.41) is 0. The topological polar surface area (TPSA) is 71.1 Å². The number of hydrogen-bond donors (Lipinski definition) is 2. The Morgan fingerprint density at radius 3 is 2.45 bits per heavy atom. The maximum atomic E-state index is 12.1. The largest absolute Gasteiger partial charge is 0.273 e. The molecule has 2 rings (SSSR count). The third-order valence-electron chi connectivity index (χ3n) is 4.43. The van der Waals surface area contributed by atoms with E-state index in [9.17, 15) is 9.59 Å². The fourth-order valence-corrected chi connectivity index (χ4v) is 3.00. The molecule has 120 valence electrons. The van der Waals surface area contributed by atoms with Gasteiger partial charge in [0.25, 0.3) is 5.91 Å². The number of unbranched alkanes of at least 4 members (excludes halogenated alkanes) is 1. The minimum atomic E-state index is -0.313. The summed E-state index contributed by atoms with van der Waals surface area (Å²) in [7, 11) is 0. The Morgan fingerprint density at radius 1 is 1.14 bits per heavy atom. The highest BCUT2D eigenvalue weighted by Gasteiger charge is 2.26. The fraction of sp³-hybridized carbons (Fsp3) is 0.588. The van der Waals surface area contributed by atoms with Crippen LogP contribution in [0.1, 0.15) is 62.2 Å². The van der Waals surface area contributed by atoms with E-state index in [-0.39, 0.29) is 17.7 Å². The van der Waals surface area contributed by atoms with Gasteiger partial charge in [0.05, 0.1) is 0 Å². The second-order valence-corrected chi connectivity index (χ2v) is 6.04. The van der Waals surface area contributed by atoms with E-state index in [4.69, 9.17) is 0 Å². The number of carbonyl (C=O) groups is 2. The predicted octanol–water partition coefficient (Wildman–Crippen LogP) is 2.84. The third kappa shape index (κ3) is 4.83. The van der Waals surface area contributed by atoms with E-state index < -0.39 is 0 Å². The number of hydrazine groups is 1. The van der Waals surface area contributed by atoms with Gasteiger partial charge in [0.2, 0.25) is 5.91 Å². The quantitative estimate of drug-likeness (QED) is 0.822. The molecule has 1 aliphatic rings. The molecule has 0 unspecified atom stereocenters. The molecule has 1 aliphatic carbocycles. The van der Waals surface area contributed by atoms with Crippen molar-refractivity contribution in [2.45, 2.75) is 51.9 Å². The zero-order valence-corrected chi connectivity index (χ0v) is 13.2. The van der Waals surface area contributed by atoms with Crippen LogP contribution in [0.4, 0.5) is 0 Å². The van der Waals surface area contributed by atoms with Gasteiger partial charge in [-0.3, -0.25) is 25.4 Å². The molecule has 1 heterocycles. The van der Waals surface area contributed by atoms with Gasteiger partial charge in [-0.2, -0.15) is 0 Å². The van der Waals surface area contributed by atoms with Crippen molar-refractivity contribution >= 4 is 11.8 Å². The molecule has 1 saturated carbocycles. The van der Waals surface area contributed by atoms with Crippen molar-refractivity contribution in [2.24, 2.45) is 11.8 Å². The van der Waals surface area contributed by atoms with Gasteiger partial charge in [-0.1, -0.05) is 26.2 Å². The van der Waals surface area contributed by atoms with Gasteiger partial charge >= 0.3 is 0 Å². The summed E-state index contributed by atoms with van der Waals surface area (Å²) >= 11 is 0. The van der Waals surface area contributed by atoms with Gasteiger partial charge in [-0.05, 0) is 43.7 Å². The number of pyridine rings is 1. The van der Waals surface area contributed by atoms with E-state index in [2.05, 4.69) is 22.8 Å². The Kier molecular flexibility index (Phi) is 6.37. The Bertz CT molecular complexity index is 482. The van der Waals surface area contributed by atoms with E-state index in [0.29, 0.717) is 5.56 Å². The number of aromatic nitrogens is 1. The highest BCUT2D eigenvalue weighted by atomic mass is 16.2. The molecule has 2 amide bonds. The van der Waals surface area contributed by atoms with E-state index in [0.717, 1.165) is 31.6 Å². The van der Waals surface area contributed by atoms with Crippen LogP contribution in [0.25, 0.3) is 0 Å². The molecule has 0 bridgehead atoms. The van der Waals surface area contributed by atoms with Gasteiger partial charge in [-0.15, -0.1) is 0 Å². The van der Waals surface area contributed by atoms with Crippen molar-refractivity contribution in [1.29, 1.82) is 0 Å². The maximum Gasteiger partial charge on any atom is 0.269 e. The zero-order valence-electron chi connectivity index (χ0n) is 13.2. The molecule has 0 aliphatic heterocycles. The fourth-order valence-electron chi connectivity index (χ4n) is 3.00. The lowest BCUT2D eigenvalue weighted by Gasteiger charge is -2.27. The molecule has 0 spiro atoms. The van der Waals surface area contributed by atoms with Crippen LogP contribution in [-0.4, -0.2) is 16.8 Å². The highest BCUT2D eigenvalue weighted by molar-refractivity contribution is 5.95. The average molecular weight is 303 g/mol. The summed E-state index contributed by atoms with van der Waals surface area (Å²) in [4.78, 5) is 27.8.